The maximum atomic E-state index is 11.9. The van der Waals surface area contributed by atoms with Gasteiger partial charge in [0.05, 0.1) is 5.37 Å². The van der Waals surface area contributed by atoms with E-state index in [2.05, 4.69) is 4.74 Å². The Hall–Kier alpha value is -0.960. The van der Waals surface area contributed by atoms with E-state index in [0.717, 1.165) is 4.90 Å². The van der Waals surface area contributed by atoms with E-state index in [1.54, 1.807) is 6.92 Å². The Balaban J connectivity index is 2.58. The Morgan fingerprint density at radius 1 is 1.47 bits per heavy atom. The second-order valence-electron chi connectivity index (χ2n) is 3.96. The highest BCUT2D eigenvalue weighted by atomic mass is 32.2. The van der Waals surface area contributed by atoms with Gasteiger partial charge in [-0.2, -0.15) is 13.2 Å². The Morgan fingerprint density at radius 3 is 2.58 bits per heavy atom. The number of aliphatic carboxylic acids is 1. The third kappa shape index (κ3) is 4.57. The van der Waals surface area contributed by atoms with Crippen molar-refractivity contribution in [3.8, 4) is 0 Å². The van der Waals surface area contributed by atoms with Crippen LogP contribution < -0.4 is 0 Å². The van der Waals surface area contributed by atoms with Crippen molar-refractivity contribution in [3.05, 3.63) is 0 Å². The number of halogens is 3. The first kappa shape index (κ1) is 16.1. The minimum atomic E-state index is -4.50. The molecule has 9 heteroatoms. The molecule has 2 atom stereocenters. The summed E-state index contributed by atoms with van der Waals surface area (Å²) in [6.07, 6.45) is -3.98. The zero-order chi connectivity index (χ0) is 14.6. The largest absolute Gasteiger partial charge is 0.480 e. The van der Waals surface area contributed by atoms with Gasteiger partial charge in [0.2, 0.25) is 5.91 Å². The van der Waals surface area contributed by atoms with Crippen LogP contribution in [0.1, 0.15) is 13.3 Å². The van der Waals surface area contributed by atoms with Crippen molar-refractivity contribution in [3.63, 3.8) is 0 Å². The van der Waals surface area contributed by atoms with E-state index in [0.29, 0.717) is 6.42 Å². The van der Waals surface area contributed by atoms with E-state index < -0.39 is 37.3 Å². The van der Waals surface area contributed by atoms with E-state index in [-0.39, 0.29) is 11.1 Å². The number of carbonyl (C=O) groups is 2. The summed E-state index contributed by atoms with van der Waals surface area (Å²) in [4.78, 5) is 23.9. The van der Waals surface area contributed by atoms with E-state index in [9.17, 15) is 22.8 Å². The second kappa shape index (κ2) is 6.47. The number of nitrogens with zero attached hydrogens (tertiary/aromatic N) is 1. The van der Waals surface area contributed by atoms with Gasteiger partial charge >= 0.3 is 12.1 Å². The zero-order valence-corrected chi connectivity index (χ0v) is 11.0. The van der Waals surface area contributed by atoms with Gasteiger partial charge < -0.3 is 14.7 Å². The molecular weight excluding hydrogens is 287 g/mol. The topological polar surface area (TPSA) is 66.8 Å². The minimum Gasteiger partial charge on any atom is -0.480 e. The molecule has 5 nitrogen and oxygen atoms in total. The first-order valence-electron chi connectivity index (χ1n) is 5.56. The lowest BCUT2D eigenvalue weighted by molar-refractivity contribution is -0.179. The molecular formula is C10H14F3NO4S. The molecule has 110 valence electrons. The number of amides is 1. The Morgan fingerprint density at radius 2 is 2.11 bits per heavy atom. The maximum absolute atomic E-state index is 11.9. The van der Waals surface area contributed by atoms with Crippen molar-refractivity contribution in [2.45, 2.75) is 30.9 Å². The van der Waals surface area contributed by atoms with Gasteiger partial charge in [0, 0.05) is 5.75 Å². The molecule has 1 aliphatic rings. The van der Waals surface area contributed by atoms with Gasteiger partial charge in [-0.05, 0) is 6.42 Å². The molecule has 1 N–H and O–H groups in total. The third-order valence-corrected chi connectivity index (χ3v) is 3.96. The van der Waals surface area contributed by atoms with Crippen LogP contribution in [0.3, 0.4) is 0 Å². The molecule has 1 saturated heterocycles. The number of thioether (sulfide) groups is 1. The van der Waals surface area contributed by atoms with E-state index in [1.807, 2.05) is 0 Å². The van der Waals surface area contributed by atoms with Crippen LogP contribution in [0.15, 0.2) is 0 Å². The van der Waals surface area contributed by atoms with Crippen LogP contribution in [0.25, 0.3) is 0 Å². The summed E-state index contributed by atoms with van der Waals surface area (Å²) in [6.45, 7) is -0.507. The molecule has 0 bridgehead atoms. The summed E-state index contributed by atoms with van der Waals surface area (Å²) in [7, 11) is 0. The van der Waals surface area contributed by atoms with Crippen LogP contribution in [0.2, 0.25) is 0 Å². The number of alkyl halides is 3. The lowest BCUT2D eigenvalue weighted by Crippen LogP contribution is -2.47. The van der Waals surface area contributed by atoms with Gasteiger partial charge in [-0.1, -0.05) is 6.92 Å². The molecule has 0 aromatic rings. The molecule has 0 aromatic heterocycles. The fourth-order valence-corrected chi connectivity index (χ4v) is 3.10. The molecule has 0 saturated carbocycles. The third-order valence-electron chi connectivity index (χ3n) is 2.51. The monoisotopic (exact) mass is 301 g/mol. The maximum Gasteiger partial charge on any atom is 0.411 e. The zero-order valence-electron chi connectivity index (χ0n) is 10.1. The predicted molar refractivity (Wildman–Crippen MR) is 61.7 cm³/mol. The standard InChI is InChI=1S/C10H14F3NO4S/c1-2-8-14(6(4-19-8)9(16)17)7(15)3-18-5-10(11,12)13/h6,8H,2-5H2,1H3,(H,16,17). The Bertz CT molecular complexity index is 350. The van der Waals surface area contributed by atoms with Gasteiger partial charge in [-0.25, -0.2) is 4.79 Å². The molecule has 1 heterocycles. The van der Waals surface area contributed by atoms with Crippen molar-refractivity contribution < 1.29 is 32.6 Å². The molecule has 0 spiro atoms. The second-order valence-corrected chi connectivity index (χ2v) is 5.17. The van der Waals surface area contributed by atoms with E-state index in [4.69, 9.17) is 5.11 Å². The highest BCUT2D eigenvalue weighted by Gasteiger charge is 2.40. The summed E-state index contributed by atoms with van der Waals surface area (Å²) in [5.41, 5.74) is 0. The van der Waals surface area contributed by atoms with Crippen LogP contribution in [-0.2, 0) is 14.3 Å². The van der Waals surface area contributed by atoms with E-state index >= 15 is 0 Å². The highest BCUT2D eigenvalue weighted by Crippen LogP contribution is 2.31. The summed E-state index contributed by atoms with van der Waals surface area (Å²) < 4.78 is 39.9. The number of hydrogen-bond acceptors (Lipinski definition) is 4. The van der Waals surface area contributed by atoms with E-state index in [1.165, 1.54) is 11.8 Å². The molecule has 19 heavy (non-hydrogen) atoms. The average Bonchev–Trinajstić information content (AvgIpc) is 2.70. The van der Waals surface area contributed by atoms with Crippen LogP contribution in [0.5, 0.6) is 0 Å². The lowest BCUT2D eigenvalue weighted by atomic mass is 10.2. The summed E-state index contributed by atoms with van der Waals surface area (Å²) >= 11 is 1.30. The average molecular weight is 301 g/mol. The SMILES string of the molecule is CCC1SCC(C(=O)O)N1C(=O)COCC(F)(F)F. The number of ether oxygens (including phenoxy) is 1. The van der Waals surface area contributed by atoms with Gasteiger partial charge in [-0.15, -0.1) is 11.8 Å². The van der Waals surface area contributed by atoms with Crippen molar-refractivity contribution in [1.29, 1.82) is 0 Å². The summed E-state index contributed by atoms with van der Waals surface area (Å²) in [5, 5.41) is 8.64. The number of carbonyl (C=O) groups excluding carboxylic acids is 1. The van der Waals surface area contributed by atoms with Gasteiger partial charge in [-0.3, -0.25) is 4.79 Å². The summed E-state index contributed by atoms with van der Waals surface area (Å²) in [6, 6.07) is -1.00. The predicted octanol–water partition coefficient (Wildman–Crippen LogP) is 1.33. The fraction of sp³-hybridized carbons (Fsp3) is 0.800. The molecule has 0 radical (unpaired) electrons. The molecule has 1 rings (SSSR count). The number of rotatable bonds is 5. The normalized spacial score (nSPS) is 23.7. The van der Waals surface area contributed by atoms with Crippen LogP contribution in [0, 0.1) is 0 Å². The number of carboxylic acids is 1. The Kier molecular flexibility index (Phi) is 5.48. The molecule has 0 aromatic carbocycles. The smallest absolute Gasteiger partial charge is 0.411 e. The van der Waals surface area contributed by atoms with Crippen molar-refractivity contribution in [2.75, 3.05) is 19.0 Å². The Labute approximate surface area is 112 Å². The quantitative estimate of drug-likeness (QED) is 0.830. The number of hydrogen-bond donors (Lipinski definition) is 1. The molecule has 1 fully saturated rings. The highest BCUT2D eigenvalue weighted by molar-refractivity contribution is 8.00. The lowest BCUT2D eigenvalue weighted by Gasteiger charge is -2.26. The van der Waals surface area contributed by atoms with Gasteiger partial charge in [0.25, 0.3) is 0 Å². The van der Waals surface area contributed by atoms with Crippen molar-refractivity contribution >= 4 is 23.6 Å². The first-order chi connectivity index (χ1) is 8.76. The van der Waals surface area contributed by atoms with Gasteiger partial charge in [0.15, 0.2) is 0 Å². The fourth-order valence-electron chi connectivity index (χ4n) is 1.73. The van der Waals surface area contributed by atoms with Gasteiger partial charge in [0.1, 0.15) is 19.3 Å². The molecule has 2 unspecified atom stereocenters. The van der Waals surface area contributed by atoms with Crippen molar-refractivity contribution in [2.24, 2.45) is 0 Å². The van der Waals surface area contributed by atoms with Crippen LogP contribution in [-0.4, -0.2) is 58.4 Å². The van der Waals surface area contributed by atoms with Crippen molar-refractivity contribution in [1.82, 2.24) is 4.90 Å². The van der Waals surface area contributed by atoms with Crippen LogP contribution >= 0.6 is 11.8 Å². The van der Waals surface area contributed by atoms with Crippen LogP contribution in [0.4, 0.5) is 13.2 Å². The molecule has 0 aliphatic carbocycles. The molecule has 1 aliphatic heterocycles. The first-order valence-corrected chi connectivity index (χ1v) is 6.61. The minimum absolute atomic E-state index is 0.235. The summed E-state index contributed by atoms with van der Waals surface area (Å²) in [5.74, 6) is -1.65. The molecule has 1 amide bonds. The number of carboxylic acid groups (broad SMARTS) is 1.